The Morgan fingerprint density at radius 2 is 1.88 bits per heavy atom. The smallest absolute Gasteiger partial charge is 0.273 e. The molecular formula is C12H16F2N2. The van der Waals surface area contributed by atoms with Gasteiger partial charge in [0.2, 0.25) is 0 Å². The van der Waals surface area contributed by atoms with Crippen molar-refractivity contribution in [1.29, 1.82) is 0 Å². The van der Waals surface area contributed by atoms with E-state index < -0.39 is 5.92 Å². The van der Waals surface area contributed by atoms with Crippen molar-refractivity contribution in [3.63, 3.8) is 0 Å². The van der Waals surface area contributed by atoms with Gasteiger partial charge in [0.05, 0.1) is 0 Å². The Morgan fingerprint density at radius 1 is 1.25 bits per heavy atom. The SMILES string of the molecule is FC(F)(CC1CCNCC1)c1ccncc1. The van der Waals surface area contributed by atoms with E-state index in [9.17, 15) is 8.78 Å². The normalized spacial score (nSPS) is 18.6. The average Bonchev–Trinajstić information content (AvgIpc) is 2.31. The quantitative estimate of drug-likeness (QED) is 0.856. The van der Waals surface area contributed by atoms with E-state index >= 15 is 0 Å². The van der Waals surface area contributed by atoms with E-state index in [1.807, 2.05) is 0 Å². The van der Waals surface area contributed by atoms with Gasteiger partial charge >= 0.3 is 0 Å². The zero-order valence-electron chi connectivity index (χ0n) is 9.13. The fourth-order valence-corrected chi connectivity index (χ4v) is 2.16. The molecule has 0 radical (unpaired) electrons. The minimum Gasteiger partial charge on any atom is -0.317 e. The van der Waals surface area contributed by atoms with Crippen LogP contribution >= 0.6 is 0 Å². The lowest BCUT2D eigenvalue weighted by Crippen LogP contribution is -2.30. The lowest BCUT2D eigenvalue weighted by atomic mass is 9.89. The molecular weight excluding hydrogens is 210 g/mol. The van der Waals surface area contributed by atoms with Crippen LogP contribution in [0.2, 0.25) is 0 Å². The van der Waals surface area contributed by atoms with Crippen molar-refractivity contribution in [2.24, 2.45) is 5.92 Å². The summed E-state index contributed by atoms with van der Waals surface area (Å²) in [6.45, 7) is 1.72. The summed E-state index contributed by atoms with van der Waals surface area (Å²) in [6, 6.07) is 2.81. The summed E-state index contributed by atoms with van der Waals surface area (Å²) in [5.74, 6) is -2.59. The highest BCUT2D eigenvalue weighted by atomic mass is 19.3. The topological polar surface area (TPSA) is 24.9 Å². The second kappa shape index (κ2) is 4.87. The highest BCUT2D eigenvalue weighted by molar-refractivity contribution is 5.16. The number of alkyl halides is 2. The predicted octanol–water partition coefficient (Wildman–Crippen LogP) is 2.56. The van der Waals surface area contributed by atoms with Gasteiger partial charge in [-0.05, 0) is 44.0 Å². The number of hydrogen-bond donors (Lipinski definition) is 1. The fourth-order valence-electron chi connectivity index (χ4n) is 2.16. The van der Waals surface area contributed by atoms with Gasteiger partial charge in [-0.1, -0.05) is 0 Å². The third-order valence-corrected chi connectivity index (χ3v) is 3.11. The maximum Gasteiger partial charge on any atom is 0.273 e. The fraction of sp³-hybridized carbons (Fsp3) is 0.583. The van der Waals surface area contributed by atoms with E-state index in [-0.39, 0.29) is 17.9 Å². The van der Waals surface area contributed by atoms with Crippen LogP contribution in [0.4, 0.5) is 8.78 Å². The Kier molecular flexibility index (Phi) is 3.49. The summed E-state index contributed by atoms with van der Waals surface area (Å²) in [6.07, 6.45) is 4.50. The molecule has 1 N–H and O–H groups in total. The predicted molar refractivity (Wildman–Crippen MR) is 58.3 cm³/mol. The number of nitrogens with zero attached hydrogens (tertiary/aromatic N) is 1. The monoisotopic (exact) mass is 226 g/mol. The molecule has 88 valence electrons. The number of hydrogen-bond acceptors (Lipinski definition) is 2. The Hall–Kier alpha value is -1.03. The molecule has 2 heterocycles. The molecule has 16 heavy (non-hydrogen) atoms. The van der Waals surface area contributed by atoms with Crippen LogP contribution in [-0.2, 0) is 5.92 Å². The van der Waals surface area contributed by atoms with Crippen LogP contribution in [0, 0.1) is 5.92 Å². The summed E-state index contributed by atoms with van der Waals surface area (Å²) in [4.78, 5) is 3.76. The molecule has 0 amide bonds. The standard InChI is InChI=1S/C12H16F2N2/c13-12(14,11-3-7-16-8-4-11)9-10-1-5-15-6-2-10/h3-4,7-8,10,15H,1-2,5-6,9H2. The van der Waals surface area contributed by atoms with E-state index in [1.165, 1.54) is 24.5 Å². The van der Waals surface area contributed by atoms with Crippen molar-refractivity contribution < 1.29 is 8.78 Å². The molecule has 0 saturated carbocycles. The van der Waals surface area contributed by atoms with E-state index in [4.69, 9.17) is 0 Å². The third kappa shape index (κ3) is 2.76. The second-order valence-corrected chi connectivity index (χ2v) is 4.34. The van der Waals surface area contributed by atoms with E-state index in [0.717, 1.165) is 25.9 Å². The summed E-state index contributed by atoms with van der Waals surface area (Å²) in [5, 5.41) is 3.19. The molecule has 1 aromatic heterocycles. The molecule has 4 heteroatoms. The van der Waals surface area contributed by atoms with Gasteiger partial charge in [-0.2, -0.15) is 0 Å². The summed E-state index contributed by atoms with van der Waals surface area (Å²) in [7, 11) is 0. The van der Waals surface area contributed by atoms with Crippen molar-refractivity contribution in [3.8, 4) is 0 Å². The molecule has 0 unspecified atom stereocenters. The van der Waals surface area contributed by atoms with E-state index in [1.54, 1.807) is 0 Å². The van der Waals surface area contributed by atoms with E-state index in [2.05, 4.69) is 10.3 Å². The maximum absolute atomic E-state index is 13.9. The Balaban J connectivity index is 2.01. The Labute approximate surface area is 94.1 Å². The Morgan fingerprint density at radius 3 is 2.50 bits per heavy atom. The highest BCUT2D eigenvalue weighted by Crippen LogP contribution is 2.36. The molecule has 0 atom stereocenters. The van der Waals surface area contributed by atoms with Crippen LogP contribution in [0.25, 0.3) is 0 Å². The first-order valence-corrected chi connectivity index (χ1v) is 5.67. The van der Waals surface area contributed by atoms with Gasteiger partial charge in [-0.25, -0.2) is 8.78 Å². The zero-order chi connectivity index (χ0) is 11.4. The first-order chi connectivity index (χ1) is 7.68. The van der Waals surface area contributed by atoms with Crippen molar-refractivity contribution in [2.45, 2.75) is 25.2 Å². The van der Waals surface area contributed by atoms with Gasteiger partial charge in [-0.3, -0.25) is 4.98 Å². The molecule has 2 nitrogen and oxygen atoms in total. The molecule has 2 rings (SSSR count). The number of pyridine rings is 1. The lowest BCUT2D eigenvalue weighted by Gasteiger charge is -2.27. The van der Waals surface area contributed by atoms with Crippen LogP contribution in [0.5, 0.6) is 0 Å². The largest absolute Gasteiger partial charge is 0.317 e. The zero-order valence-corrected chi connectivity index (χ0v) is 9.13. The third-order valence-electron chi connectivity index (χ3n) is 3.11. The van der Waals surface area contributed by atoms with Crippen LogP contribution in [0.3, 0.4) is 0 Å². The minimum absolute atomic E-state index is 0.0430. The molecule has 1 aromatic rings. The number of aromatic nitrogens is 1. The summed E-state index contributed by atoms with van der Waals surface area (Å²) in [5.41, 5.74) is 0.0843. The van der Waals surface area contributed by atoms with Crippen LogP contribution < -0.4 is 5.32 Å². The first-order valence-electron chi connectivity index (χ1n) is 5.67. The van der Waals surface area contributed by atoms with Crippen molar-refractivity contribution >= 4 is 0 Å². The van der Waals surface area contributed by atoms with Crippen molar-refractivity contribution in [2.75, 3.05) is 13.1 Å². The van der Waals surface area contributed by atoms with Gasteiger partial charge in [0, 0.05) is 24.4 Å². The molecule has 1 aliphatic heterocycles. The molecule has 0 aliphatic carbocycles. The number of rotatable bonds is 3. The lowest BCUT2D eigenvalue weighted by molar-refractivity contribution is -0.0327. The van der Waals surface area contributed by atoms with Crippen LogP contribution in [0.1, 0.15) is 24.8 Å². The number of nitrogens with one attached hydrogen (secondary N) is 1. The van der Waals surface area contributed by atoms with Crippen LogP contribution in [0.15, 0.2) is 24.5 Å². The minimum atomic E-state index is -2.72. The first kappa shape index (κ1) is 11.5. The Bertz CT molecular complexity index is 321. The molecule has 1 aliphatic rings. The van der Waals surface area contributed by atoms with Gasteiger partial charge in [0.25, 0.3) is 5.92 Å². The van der Waals surface area contributed by atoms with Gasteiger partial charge in [0.15, 0.2) is 0 Å². The maximum atomic E-state index is 13.9. The molecule has 0 aromatic carbocycles. The van der Waals surface area contributed by atoms with Gasteiger partial charge in [-0.15, -0.1) is 0 Å². The van der Waals surface area contributed by atoms with Crippen molar-refractivity contribution in [1.82, 2.24) is 10.3 Å². The summed E-state index contributed by atoms with van der Waals surface area (Å²) < 4.78 is 27.8. The van der Waals surface area contributed by atoms with Gasteiger partial charge in [0.1, 0.15) is 0 Å². The molecule has 0 bridgehead atoms. The van der Waals surface area contributed by atoms with Crippen LogP contribution in [-0.4, -0.2) is 18.1 Å². The van der Waals surface area contributed by atoms with Gasteiger partial charge < -0.3 is 5.32 Å². The summed E-state index contributed by atoms with van der Waals surface area (Å²) >= 11 is 0. The number of piperidine rings is 1. The molecule has 1 saturated heterocycles. The molecule has 0 spiro atoms. The van der Waals surface area contributed by atoms with Crippen molar-refractivity contribution in [3.05, 3.63) is 30.1 Å². The highest BCUT2D eigenvalue weighted by Gasteiger charge is 2.34. The van der Waals surface area contributed by atoms with E-state index in [0.29, 0.717) is 0 Å². The number of halogens is 2. The second-order valence-electron chi connectivity index (χ2n) is 4.34. The average molecular weight is 226 g/mol. The molecule has 1 fully saturated rings.